The van der Waals surface area contributed by atoms with Crippen LogP contribution in [0.1, 0.15) is 21.6 Å². The summed E-state index contributed by atoms with van der Waals surface area (Å²) in [7, 11) is 0. The maximum Gasteiger partial charge on any atom is 0.289 e. The lowest BCUT2D eigenvalue weighted by Crippen LogP contribution is -2.18. The second-order valence-corrected chi connectivity index (χ2v) is 8.25. The molecule has 1 heterocycles. The molecule has 4 rings (SSSR count). The summed E-state index contributed by atoms with van der Waals surface area (Å²) in [6.45, 7) is 0.407. The van der Waals surface area contributed by atoms with Gasteiger partial charge in [-0.15, -0.1) is 0 Å². The van der Waals surface area contributed by atoms with E-state index < -0.39 is 5.91 Å². The number of hydrogen-bond acceptors (Lipinski definition) is 4. The van der Waals surface area contributed by atoms with E-state index in [1.807, 2.05) is 48.5 Å². The molecule has 0 fully saturated rings. The smallest absolute Gasteiger partial charge is 0.289 e. The molecule has 0 saturated carbocycles. The Labute approximate surface area is 205 Å². The summed E-state index contributed by atoms with van der Waals surface area (Å²) in [5, 5.41) is 12.5. The Kier molecular flexibility index (Phi) is 7.29. The fourth-order valence-electron chi connectivity index (χ4n) is 2.91. The highest BCUT2D eigenvalue weighted by Crippen LogP contribution is 2.24. The Hall–Kier alpha value is -3.32. The van der Waals surface area contributed by atoms with Crippen LogP contribution in [-0.4, -0.2) is 22.3 Å². The van der Waals surface area contributed by atoms with Crippen LogP contribution < -0.4 is 10.2 Å². The number of amides is 1. The van der Waals surface area contributed by atoms with Crippen molar-refractivity contribution in [2.24, 2.45) is 5.10 Å². The van der Waals surface area contributed by atoms with Gasteiger partial charge in [0.25, 0.3) is 5.91 Å². The Morgan fingerprint density at radius 3 is 2.58 bits per heavy atom. The minimum Gasteiger partial charge on any atom is -0.489 e. The quantitative estimate of drug-likeness (QED) is 0.229. The van der Waals surface area contributed by atoms with E-state index in [2.05, 4.69) is 20.7 Å². The Morgan fingerprint density at radius 2 is 1.79 bits per heavy atom. The number of hydrazone groups is 1. The number of aromatic nitrogens is 2. The van der Waals surface area contributed by atoms with Crippen molar-refractivity contribution in [1.82, 2.24) is 15.6 Å². The van der Waals surface area contributed by atoms with Crippen molar-refractivity contribution in [3.8, 4) is 17.0 Å². The molecule has 0 atom stereocenters. The number of aromatic amines is 1. The van der Waals surface area contributed by atoms with Crippen molar-refractivity contribution in [3.63, 3.8) is 0 Å². The van der Waals surface area contributed by atoms with Gasteiger partial charge in [0.15, 0.2) is 0 Å². The zero-order valence-corrected chi connectivity index (χ0v) is 19.3. The summed E-state index contributed by atoms with van der Waals surface area (Å²) in [6.07, 6.45) is 1.44. The molecule has 0 bridgehead atoms. The molecule has 33 heavy (non-hydrogen) atoms. The molecule has 4 aromatic rings. The van der Waals surface area contributed by atoms with Gasteiger partial charge in [0.2, 0.25) is 0 Å². The van der Waals surface area contributed by atoms with Gasteiger partial charge in [0.1, 0.15) is 18.1 Å². The van der Waals surface area contributed by atoms with E-state index in [0.717, 1.165) is 11.1 Å². The SMILES string of the molecule is O=C(NN=Cc1ccc(Cl)cc1Cl)c1cc(-c2cccc(OCc3ccc(Cl)cc3)c2)n[nH]1. The molecular formula is C24H17Cl3N4O2. The second kappa shape index (κ2) is 10.5. The van der Waals surface area contributed by atoms with Gasteiger partial charge in [0.05, 0.1) is 16.9 Å². The van der Waals surface area contributed by atoms with Gasteiger partial charge in [0, 0.05) is 21.2 Å². The molecule has 0 aliphatic rings. The maximum atomic E-state index is 12.4. The van der Waals surface area contributed by atoms with E-state index in [1.165, 1.54) is 6.21 Å². The van der Waals surface area contributed by atoms with E-state index in [9.17, 15) is 4.79 Å². The first kappa shape index (κ1) is 22.9. The highest BCUT2D eigenvalue weighted by Gasteiger charge is 2.11. The van der Waals surface area contributed by atoms with Crippen molar-refractivity contribution in [2.45, 2.75) is 6.61 Å². The van der Waals surface area contributed by atoms with Gasteiger partial charge >= 0.3 is 0 Å². The number of halogens is 3. The first-order chi connectivity index (χ1) is 16.0. The summed E-state index contributed by atoms with van der Waals surface area (Å²) in [5.41, 5.74) is 5.73. The lowest BCUT2D eigenvalue weighted by atomic mass is 10.1. The molecule has 0 saturated heterocycles. The van der Waals surface area contributed by atoms with Crippen LogP contribution in [0.2, 0.25) is 15.1 Å². The van der Waals surface area contributed by atoms with Gasteiger partial charge in [-0.3, -0.25) is 9.89 Å². The average Bonchev–Trinajstić information content (AvgIpc) is 3.31. The van der Waals surface area contributed by atoms with Gasteiger partial charge in [-0.1, -0.05) is 65.1 Å². The minimum absolute atomic E-state index is 0.261. The predicted octanol–water partition coefficient (Wildman–Crippen LogP) is 6.38. The van der Waals surface area contributed by atoms with E-state index in [4.69, 9.17) is 39.5 Å². The lowest BCUT2D eigenvalue weighted by Gasteiger charge is -2.07. The van der Waals surface area contributed by atoms with Gasteiger partial charge in [-0.05, 0) is 48.0 Å². The fourth-order valence-corrected chi connectivity index (χ4v) is 3.49. The zero-order valence-electron chi connectivity index (χ0n) is 17.1. The molecule has 1 aromatic heterocycles. The number of nitrogens with one attached hydrogen (secondary N) is 2. The Morgan fingerprint density at radius 1 is 1.00 bits per heavy atom. The largest absolute Gasteiger partial charge is 0.489 e. The monoisotopic (exact) mass is 498 g/mol. The van der Waals surface area contributed by atoms with Crippen LogP contribution in [0.25, 0.3) is 11.3 Å². The number of H-pyrrole nitrogens is 1. The van der Waals surface area contributed by atoms with Crippen LogP contribution in [0.5, 0.6) is 5.75 Å². The van der Waals surface area contributed by atoms with E-state index in [1.54, 1.807) is 24.3 Å². The Bertz CT molecular complexity index is 1300. The van der Waals surface area contributed by atoms with Gasteiger partial charge in [-0.25, -0.2) is 5.43 Å². The molecule has 166 valence electrons. The zero-order chi connectivity index (χ0) is 23.2. The van der Waals surface area contributed by atoms with Gasteiger partial charge < -0.3 is 4.74 Å². The molecule has 0 radical (unpaired) electrons. The van der Waals surface area contributed by atoms with E-state index in [-0.39, 0.29) is 5.69 Å². The molecule has 0 aliphatic carbocycles. The minimum atomic E-state index is -0.440. The van der Waals surface area contributed by atoms with E-state index >= 15 is 0 Å². The van der Waals surface area contributed by atoms with Crippen molar-refractivity contribution in [3.05, 3.63) is 105 Å². The van der Waals surface area contributed by atoms with Crippen LogP contribution in [0.3, 0.4) is 0 Å². The molecule has 0 spiro atoms. The molecule has 0 unspecified atom stereocenters. The molecule has 2 N–H and O–H groups in total. The number of ether oxygens (including phenoxy) is 1. The molecular weight excluding hydrogens is 483 g/mol. The van der Waals surface area contributed by atoms with Crippen molar-refractivity contribution >= 4 is 46.9 Å². The average molecular weight is 500 g/mol. The first-order valence-electron chi connectivity index (χ1n) is 9.79. The summed E-state index contributed by atoms with van der Waals surface area (Å²) >= 11 is 17.9. The number of benzene rings is 3. The van der Waals surface area contributed by atoms with Crippen molar-refractivity contribution in [1.29, 1.82) is 0 Å². The van der Waals surface area contributed by atoms with Crippen molar-refractivity contribution in [2.75, 3.05) is 0 Å². The number of hydrogen-bond donors (Lipinski definition) is 2. The maximum absolute atomic E-state index is 12.4. The molecule has 1 amide bonds. The standard InChI is InChI=1S/C24H17Cl3N4O2/c25-18-7-4-15(5-8-18)14-33-20-3-1-2-16(10-20)22-12-23(30-29-22)24(32)31-28-13-17-6-9-19(26)11-21(17)27/h1-13H,14H2,(H,29,30)(H,31,32). The van der Waals surface area contributed by atoms with Crippen LogP contribution in [-0.2, 0) is 6.61 Å². The third-order valence-corrected chi connectivity index (χ3v) is 5.42. The van der Waals surface area contributed by atoms with Crippen LogP contribution in [0.15, 0.2) is 77.9 Å². The number of nitrogens with zero attached hydrogens (tertiary/aromatic N) is 2. The number of carbonyl (C=O) groups excluding carboxylic acids is 1. The third kappa shape index (κ3) is 6.14. The molecule has 9 heteroatoms. The molecule has 6 nitrogen and oxygen atoms in total. The summed E-state index contributed by atoms with van der Waals surface area (Å²) < 4.78 is 5.86. The second-order valence-electron chi connectivity index (χ2n) is 6.97. The van der Waals surface area contributed by atoms with Crippen molar-refractivity contribution < 1.29 is 9.53 Å². The Balaban J connectivity index is 1.39. The predicted molar refractivity (Wildman–Crippen MR) is 131 cm³/mol. The third-order valence-electron chi connectivity index (χ3n) is 4.60. The first-order valence-corrected chi connectivity index (χ1v) is 10.9. The van der Waals surface area contributed by atoms with E-state index in [0.29, 0.717) is 38.7 Å². The van der Waals surface area contributed by atoms with Gasteiger partial charge in [-0.2, -0.15) is 10.2 Å². The summed E-state index contributed by atoms with van der Waals surface area (Å²) in [4.78, 5) is 12.4. The highest BCUT2D eigenvalue weighted by atomic mass is 35.5. The topological polar surface area (TPSA) is 79.4 Å². The highest BCUT2D eigenvalue weighted by molar-refractivity contribution is 6.36. The normalized spacial score (nSPS) is 11.0. The summed E-state index contributed by atoms with van der Waals surface area (Å²) in [6, 6.07) is 21.5. The number of rotatable bonds is 7. The molecule has 0 aliphatic heterocycles. The molecule has 3 aromatic carbocycles. The number of carbonyl (C=O) groups is 1. The van der Waals surface area contributed by atoms with Crippen LogP contribution >= 0.6 is 34.8 Å². The van der Waals surface area contributed by atoms with Crippen LogP contribution in [0.4, 0.5) is 0 Å². The summed E-state index contributed by atoms with van der Waals surface area (Å²) in [5.74, 6) is 0.242. The fraction of sp³-hybridized carbons (Fsp3) is 0.0417. The lowest BCUT2D eigenvalue weighted by molar-refractivity contribution is 0.0950. The van der Waals surface area contributed by atoms with Crippen LogP contribution in [0, 0.1) is 0 Å².